The molecule has 0 aliphatic rings. The molecule has 3 unspecified atom stereocenters. The summed E-state index contributed by atoms with van der Waals surface area (Å²) in [6.45, 7) is 5.74. The molecule has 3 atom stereocenters. The molecule has 0 spiro atoms. The summed E-state index contributed by atoms with van der Waals surface area (Å²) in [4.78, 5) is 38.7. The summed E-state index contributed by atoms with van der Waals surface area (Å²) in [5, 5.41) is 0. The molecule has 0 rings (SSSR count). The van der Waals surface area contributed by atoms with Crippen LogP contribution in [0.15, 0.2) is 23.3 Å². The van der Waals surface area contributed by atoms with Crippen LogP contribution in [0.5, 0.6) is 0 Å². The Kier molecular flexibility index (Phi) is 29.7. The highest BCUT2D eigenvalue weighted by molar-refractivity contribution is 5.70. The second-order valence-corrected chi connectivity index (χ2v) is 16.0. The normalized spacial score (nSPS) is 14.2. The Balaban J connectivity index is 4.33. The molecule has 0 bridgehead atoms. The third-order valence-electron chi connectivity index (χ3n) is 10.0. The average molecular weight is 868 g/mol. The largest absolute Gasteiger partial charge is 0.466 e. The molecule has 0 N–H and O–H groups in total. The molecule has 0 aromatic rings. The van der Waals surface area contributed by atoms with Crippen LogP contribution in [0.25, 0.3) is 0 Å². The summed E-state index contributed by atoms with van der Waals surface area (Å²) in [7, 11) is 3.89. The van der Waals surface area contributed by atoms with Crippen LogP contribution < -0.4 is 0 Å². The standard InChI is InChI=1S/C43H70F9NO6/c1-33(19-16-21-35(3)41(44,45)46)28-31-57-38(54)25-14-10-6-8-12-22-36(59-40(56)27-18-30-53(4)5)23-13-9-7-11-15-26-39(55)58-32-29-34(2)20-17-24-37(42(47,48)49)43(50,51)52/h21,24,33-34,36H,6-20,22-23,25-32H2,1-5H3/b35-21-. The van der Waals surface area contributed by atoms with Crippen LogP contribution >= 0.6 is 0 Å². The number of ether oxygens (including phenoxy) is 3. The Morgan fingerprint density at radius 3 is 1.36 bits per heavy atom. The quantitative estimate of drug-likeness (QED) is 0.0214. The number of nitrogens with zero attached hydrogens (tertiary/aromatic N) is 1. The van der Waals surface area contributed by atoms with Gasteiger partial charge in [0.05, 0.1) is 13.2 Å². The van der Waals surface area contributed by atoms with Crippen molar-refractivity contribution in [3.63, 3.8) is 0 Å². The van der Waals surface area contributed by atoms with Gasteiger partial charge in [0.2, 0.25) is 0 Å². The van der Waals surface area contributed by atoms with Crippen molar-refractivity contribution in [2.45, 2.75) is 187 Å². The van der Waals surface area contributed by atoms with E-state index in [1.165, 1.54) is 6.08 Å². The van der Waals surface area contributed by atoms with Crippen LogP contribution in [0.4, 0.5) is 39.5 Å². The van der Waals surface area contributed by atoms with Crippen molar-refractivity contribution in [1.82, 2.24) is 4.90 Å². The maximum absolute atomic E-state index is 12.6. The molecule has 7 nitrogen and oxygen atoms in total. The van der Waals surface area contributed by atoms with Gasteiger partial charge in [-0.3, -0.25) is 14.4 Å². The third kappa shape index (κ3) is 32.6. The van der Waals surface area contributed by atoms with Crippen molar-refractivity contribution in [2.75, 3.05) is 33.9 Å². The van der Waals surface area contributed by atoms with Gasteiger partial charge >= 0.3 is 36.4 Å². The maximum atomic E-state index is 12.6. The zero-order chi connectivity index (χ0) is 44.9. The summed E-state index contributed by atoms with van der Waals surface area (Å²) in [6.07, 6.45) is -1.11. The number of allylic oxidation sites excluding steroid dienone is 4. The van der Waals surface area contributed by atoms with Crippen LogP contribution in [0.2, 0.25) is 0 Å². The van der Waals surface area contributed by atoms with Gasteiger partial charge in [0.15, 0.2) is 0 Å². The number of esters is 3. The topological polar surface area (TPSA) is 82.1 Å². The van der Waals surface area contributed by atoms with Crippen molar-refractivity contribution < 1.29 is 68.1 Å². The first-order valence-electron chi connectivity index (χ1n) is 21.3. The summed E-state index contributed by atoms with van der Waals surface area (Å²) in [6, 6.07) is 0. The summed E-state index contributed by atoms with van der Waals surface area (Å²) in [5.41, 5.74) is -3.10. The minimum absolute atomic E-state index is 0.0434. The van der Waals surface area contributed by atoms with Gasteiger partial charge in [-0.1, -0.05) is 64.5 Å². The molecular weight excluding hydrogens is 797 g/mol. The molecule has 0 amide bonds. The number of carbonyl (C=O) groups is 3. The van der Waals surface area contributed by atoms with E-state index in [9.17, 15) is 53.9 Å². The van der Waals surface area contributed by atoms with E-state index in [2.05, 4.69) is 0 Å². The number of hydrogen-bond acceptors (Lipinski definition) is 7. The van der Waals surface area contributed by atoms with E-state index in [1.807, 2.05) is 25.9 Å². The van der Waals surface area contributed by atoms with E-state index >= 15 is 0 Å². The molecule has 0 fully saturated rings. The number of carbonyl (C=O) groups excluding carboxylic acids is 3. The second-order valence-electron chi connectivity index (χ2n) is 16.0. The first kappa shape index (κ1) is 56.2. The molecule has 0 aliphatic carbocycles. The Morgan fingerprint density at radius 2 is 0.932 bits per heavy atom. The maximum Gasteiger partial charge on any atom is 0.420 e. The zero-order valence-corrected chi connectivity index (χ0v) is 35.9. The zero-order valence-electron chi connectivity index (χ0n) is 35.9. The number of halogens is 9. The minimum atomic E-state index is -5.47. The Bertz CT molecular complexity index is 1200. The van der Waals surface area contributed by atoms with Crippen molar-refractivity contribution in [2.24, 2.45) is 11.8 Å². The fourth-order valence-electron chi connectivity index (χ4n) is 6.18. The van der Waals surface area contributed by atoms with Gasteiger partial charge in [-0.25, -0.2) is 0 Å². The van der Waals surface area contributed by atoms with Crippen molar-refractivity contribution in [3.8, 4) is 0 Å². The van der Waals surface area contributed by atoms with Gasteiger partial charge in [0, 0.05) is 24.8 Å². The van der Waals surface area contributed by atoms with Gasteiger partial charge in [-0.15, -0.1) is 0 Å². The highest BCUT2D eigenvalue weighted by Crippen LogP contribution is 2.39. The first-order valence-corrected chi connectivity index (χ1v) is 21.3. The molecule has 0 saturated carbocycles. The van der Waals surface area contributed by atoms with E-state index in [0.717, 1.165) is 77.7 Å². The molecular formula is C43H70F9NO6. The summed E-state index contributed by atoms with van der Waals surface area (Å²) < 4.78 is 130. The third-order valence-corrected chi connectivity index (χ3v) is 10.0. The highest BCUT2D eigenvalue weighted by atomic mass is 19.4. The smallest absolute Gasteiger partial charge is 0.420 e. The second kappa shape index (κ2) is 31.1. The Labute approximate surface area is 346 Å². The Morgan fingerprint density at radius 1 is 0.525 bits per heavy atom. The molecule has 346 valence electrons. The van der Waals surface area contributed by atoms with E-state index in [1.54, 1.807) is 6.92 Å². The first-order chi connectivity index (χ1) is 27.5. The number of hydrogen-bond donors (Lipinski definition) is 0. The molecule has 0 heterocycles. The summed E-state index contributed by atoms with van der Waals surface area (Å²) >= 11 is 0. The Hall–Kier alpha value is -2.78. The van der Waals surface area contributed by atoms with E-state index in [4.69, 9.17) is 14.2 Å². The molecule has 0 aliphatic heterocycles. The minimum Gasteiger partial charge on any atom is -0.466 e. The lowest BCUT2D eigenvalue weighted by Gasteiger charge is -2.18. The van der Waals surface area contributed by atoms with Gasteiger partial charge in [-0.05, 0) is 123 Å². The lowest BCUT2D eigenvalue weighted by Crippen LogP contribution is -2.26. The average Bonchev–Trinajstić information content (AvgIpc) is 3.10. The molecule has 0 aromatic heterocycles. The van der Waals surface area contributed by atoms with Gasteiger partial charge in [0.25, 0.3) is 0 Å². The SMILES string of the molecule is C/C(=C/CCC(C)CCOC(=O)CCCCCCCC(CCCCCCCC(=O)OCCC(C)CCC=C(C(F)(F)F)C(F)(F)F)OC(=O)CCCN(C)C)C(F)(F)F. The van der Waals surface area contributed by atoms with Crippen LogP contribution in [-0.2, 0) is 28.6 Å². The predicted molar refractivity (Wildman–Crippen MR) is 210 cm³/mol. The molecule has 16 heteroatoms. The van der Waals surface area contributed by atoms with Crippen LogP contribution in [0.3, 0.4) is 0 Å². The van der Waals surface area contributed by atoms with E-state index in [-0.39, 0.29) is 62.0 Å². The number of alkyl halides is 9. The molecule has 0 saturated heterocycles. The fraction of sp³-hybridized carbons (Fsp3) is 0.837. The van der Waals surface area contributed by atoms with Crippen molar-refractivity contribution in [3.05, 3.63) is 23.3 Å². The van der Waals surface area contributed by atoms with Crippen LogP contribution in [-0.4, -0.2) is 81.3 Å². The van der Waals surface area contributed by atoms with E-state index < -0.39 is 42.1 Å². The summed E-state index contributed by atoms with van der Waals surface area (Å²) in [5.74, 6) is -0.976. The van der Waals surface area contributed by atoms with Crippen LogP contribution in [0, 0.1) is 11.8 Å². The molecule has 59 heavy (non-hydrogen) atoms. The number of rotatable bonds is 33. The van der Waals surface area contributed by atoms with E-state index in [0.29, 0.717) is 57.8 Å². The monoisotopic (exact) mass is 868 g/mol. The van der Waals surface area contributed by atoms with Gasteiger partial charge < -0.3 is 19.1 Å². The molecule has 0 aromatic carbocycles. The van der Waals surface area contributed by atoms with Gasteiger partial charge in [-0.2, -0.15) is 39.5 Å². The highest BCUT2D eigenvalue weighted by Gasteiger charge is 2.50. The predicted octanol–water partition coefficient (Wildman–Crippen LogP) is 13.0. The van der Waals surface area contributed by atoms with Crippen molar-refractivity contribution in [1.29, 1.82) is 0 Å². The van der Waals surface area contributed by atoms with Gasteiger partial charge in [0.1, 0.15) is 11.7 Å². The number of unbranched alkanes of at least 4 members (excludes halogenated alkanes) is 8. The van der Waals surface area contributed by atoms with Crippen LogP contribution in [0.1, 0.15) is 162 Å². The lowest BCUT2D eigenvalue weighted by atomic mass is 10.0. The van der Waals surface area contributed by atoms with Crippen molar-refractivity contribution >= 4 is 17.9 Å². The molecule has 0 radical (unpaired) electrons. The fourth-order valence-corrected chi connectivity index (χ4v) is 6.18. The lowest BCUT2D eigenvalue weighted by molar-refractivity contribution is -0.172.